The van der Waals surface area contributed by atoms with E-state index < -0.39 is 59.6 Å². The number of carbonyl (C=O) groups is 4. The lowest BCUT2D eigenvalue weighted by atomic mass is 9.83. The highest BCUT2D eigenvalue weighted by atomic mass is 16.5. The van der Waals surface area contributed by atoms with Crippen molar-refractivity contribution in [3.05, 3.63) is 108 Å². The predicted octanol–water partition coefficient (Wildman–Crippen LogP) is 4.17. The summed E-state index contributed by atoms with van der Waals surface area (Å²) >= 11 is 0. The number of para-hydroxylation sites is 2. The number of rotatable bonds is 8. The fourth-order valence-electron chi connectivity index (χ4n) is 8.24. The summed E-state index contributed by atoms with van der Waals surface area (Å²) in [5.74, 6) is -1.53. The summed E-state index contributed by atoms with van der Waals surface area (Å²) in [6, 6.07) is 24.2. The maximum Gasteiger partial charge on any atom is 0.253 e. The molecular weight excluding hydrogens is 640 g/mol. The Kier molecular flexibility index (Phi) is 7.57. The summed E-state index contributed by atoms with van der Waals surface area (Å²) in [4.78, 5) is 61.3. The summed E-state index contributed by atoms with van der Waals surface area (Å²) in [5.41, 5.74) is 2.03. The fourth-order valence-corrected chi connectivity index (χ4v) is 8.24. The van der Waals surface area contributed by atoms with Crippen LogP contribution in [0.1, 0.15) is 23.2 Å². The largest absolute Gasteiger partial charge is 0.497 e. The molecule has 0 saturated carbocycles. The molecule has 8 rings (SSSR count). The van der Waals surface area contributed by atoms with Crippen LogP contribution in [0.5, 0.6) is 23.0 Å². The van der Waals surface area contributed by atoms with Gasteiger partial charge in [0.2, 0.25) is 11.8 Å². The van der Waals surface area contributed by atoms with Crippen molar-refractivity contribution in [2.75, 3.05) is 38.2 Å². The summed E-state index contributed by atoms with van der Waals surface area (Å²) < 4.78 is 22.2. The topological polar surface area (TPSA) is 118 Å². The van der Waals surface area contributed by atoms with Crippen molar-refractivity contribution >= 4 is 35.0 Å². The monoisotopic (exact) mass is 674 g/mol. The maximum absolute atomic E-state index is 14.7. The standard InChI is InChI=1S/C38H34N4O8/c1-47-23-17-13-21(14-18-23)39-35(43)29-31(25-9-5-7-11-27(25)49-3)42-34-30(36(44)40(38(34)46)22-15-19-24(48-2)20-16-22)32(41(42)33(29)37(39)45)26-10-6-8-12-28(26)50-4/h5-20,29-34H,1-4H3. The summed E-state index contributed by atoms with van der Waals surface area (Å²) in [5, 5.41) is 3.61. The maximum atomic E-state index is 14.7. The zero-order chi connectivity index (χ0) is 34.8. The molecule has 0 aromatic heterocycles. The van der Waals surface area contributed by atoms with Crippen molar-refractivity contribution < 1.29 is 38.1 Å². The molecule has 0 bridgehead atoms. The van der Waals surface area contributed by atoms with E-state index in [9.17, 15) is 19.2 Å². The average Bonchev–Trinajstić information content (AvgIpc) is 3.82. The van der Waals surface area contributed by atoms with Gasteiger partial charge in [-0.15, -0.1) is 0 Å². The van der Waals surface area contributed by atoms with Crippen LogP contribution in [0, 0.1) is 11.8 Å². The van der Waals surface area contributed by atoms with Gasteiger partial charge in [0.25, 0.3) is 11.8 Å². The van der Waals surface area contributed by atoms with Gasteiger partial charge in [0.05, 0.1) is 63.7 Å². The van der Waals surface area contributed by atoms with E-state index in [-0.39, 0.29) is 0 Å². The number of amides is 4. The summed E-state index contributed by atoms with van der Waals surface area (Å²) in [6.45, 7) is 0. The Balaban J connectivity index is 1.34. The number of hydrogen-bond donors (Lipinski definition) is 0. The van der Waals surface area contributed by atoms with E-state index in [1.807, 2.05) is 36.4 Å². The molecule has 50 heavy (non-hydrogen) atoms. The van der Waals surface area contributed by atoms with Crippen molar-refractivity contribution in [1.82, 2.24) is 10.0 Å². The lowest BCUT2D eigenvalue weighted by molar-refractivity contribution is -0.136. The number of nitrogens with zero attached hydrogens (tertiary/aromatic N) is 4. The third-order valence-corrected chi connectivity index (χ3v) is 10.3. The molecule has 4 aromatic carbocycles. The Morgan fingerprint density at radius 1 is 0.420 bits per heavy atom. The Labute approximate surface area is 288 Å². The van der Waals surface area contributed by atoms with Crippen molar-refractivity contribution in [3.63, 3.8) is 0 Å². The van der Waals surface area contributed by atoms with Crippen molar-refractivity contribution in [2.24, 2.45) is 11.8 Å². The number of benzene rings is 4. The number of carbonyl (C=O) groups excluding carboxylic acids is 4. The molecule has 4 aliphatic heterocycles. The van der Waals surface area contributed by atoms with Gasteiger partial charge < -0.3 is 18.9 Å². The number of ether oxygens (including phenoxy) is 4. The van der Waals surface area contributed by atoms with E-state index >= 15 is 0 Å². The highest BCUT2D eigenvalue weighted by molar-refractivity contribution is 6.26. The molecule has 12 heteroatoms. The van der Waals surface area contributed by atoms with Gasteiger partial charge in [-0.3, -0.25) is 19.2 Å². The normalized spacial score (nSPS) is 25.9. The van der Waals surface area contributed by atoms with Crippen LogP contribution in [0.2, 0.25) is 0 Å². The first kappa shape index (κ1) is 31.5. The highest BCUT2D eigenvalue weighted by Crippen LogP contribution is 2.61. The van der Waals surface area contributed by atoms with Gasteiger partial charge in [0.1, 0.15) is 35.1 Å². The van der Waals surface area contributed by atoms with Crippen LogP contribution in [0.4, 0.5) is 11.4 Å². The first-order valence-electron chi connectivity index (χ1n) is 16.2. The first-order chi connectivity index (χ1) is 24.3. The molecule has 4 saturated heterocycles. The van der Waals surface area contributed by atoms with E-state index in [1.54, 1.807) is 84.9 Å². The van der Waals surface area contributed by atoms with Crippen LogP contribution in [0.25, 0.3) is 0 Å². The predicted molar refractivity (Wildman–Crippen MR) is 181 cm³/mol. The van der Waals surface area contributed by atoms with E-state index in [4.69, 9.17) is 18.9 Å². The molecule has 4 aromatic rings. The minimum atomic E-state index is -1.05. The summed E-state index contributed by atoms with van der Waals surface area (Å²) in [6.07, 6.45) is 0. The van der Waals surface area contributed by atoms with E-state index in [0.717, 1.165) is 0 Å². The van der Waals surface area contributed by atoms with Crippen LogP contribution in [-0.2, 0) is 19.2 Å². The van der Waals surface area contributed by atoms with Crippen molar-refractivity contribution in [2.45, 2.75) is 24.2 Å². The average molecular weight is 675 g/mol. The zero-order valence-corrected chi connectivity index (χ0v) is 27.8. The lowest BCUT2D eigenvalue weighted by Gasteiger charge is -2.36. The van der Waals surface area contributed by atoms with Gasteiger partial charge in [-0.25, -0.2) is 19.8 Å². The zero-order valence-electron chi connectivity index (χ0n) is 27.8. The number of imide groups is 2. The SMILES string of the molecule is COc1ccc(N2C(=O)C3C(C2=O)N2C(c4ccccc4OC)C4C(=O)N(c5ccc(OC)cc5)C(=O)C4N2C3c2ccccc2OC)cc1. The number of hydrogen-bond acceptors (Lipinski definition) is 10. The van der Waals surface area contributed by atoms with Gasteiger partial charge >= 0.3 is 0 Å². The molecule has 4 amide bonds. The molecule has 4 fully saturated rings. The van der Waals surface area contributed by atoms with Crippen molar-refractivity contribution in [3.8, 4) is 23.0 Å². The molecule has 6 unspecified atom stereocenters. The van der Waals surface area contributed by atoms with E-state index in [1.165, 1.54) is 24.0 Å². The summed E-state index contributed by atoms with van der Waals surface area (Å²) in [7, 11) is 6.15. The molecule has 6 atom stereocenters. The lowest BCUT2D eigenvalue weighted by Crippen LogP contribution is -2.50. The Bertz CT molecular complexity index is 1870. The molecule has 254 valence electrons. The van der Waals surface area contributed by atoms with E-state index in [0.29, 0.717) is 45.5 Å². The van der Waals surface area contributed by atoms with Crippen LogP contribution in [0.15, 0.2) is 97.1 Å². The Morgan fingerprint density at radius 2 is 0.780 bits per heavy atom. The molecule has 4 heterocycles. The number of hydrazine groups is 1. The molecule has 4 aliphatic rings. The second-order valence-corrected chi connectivity index (χ2v) is 12.5. The van der Waals surface area contributed by atoms with Crippen LogP contribution < -0.4 is 28.7 Å². The number of anilines is 2. The number of fused-ring (bicyclic) bond motifs is 5. The first-order valence-corrected chi connectivity index (χ1v) is 16.2. The Hall–Kier alpha value is -5.72. The van der Waals surface area contributed by atoms with Gasteiger partial charge in [-0.2, -0.15) is 0 Å². The molecule has 0 spiro atoms. The van der Waals surface area contributed by atoms with Gasteiger partial charge in [0, 0.05) is 11.1 Å². The van der Waals surface area contributed by atoms with Crippen LogP contribution in [-0.4, -0.2) is 74.2 Å². The third kappa shape index (κ3) is 4.38. The van der Waals surface area contributed by atoms with E-state index in [2.05, 4.69) is 0 Å². The van der Waals surface area contributed by atoms with Crippen LogP contribution in [0.3, 0.4) is 0 Å². The number of methoxy groups -OCH3 is 4. The Morgan fingerprint density at radius 3 is 1.12 bits per heavy atom. The molecule has 0 radical (unpaired) electrons. The van der Waals surface area contributed by atoms with Crippen LogP contribution >= 0.6 is 0 Å². The molecule has 0 N–H and O–H groups in total. The van der Waals surface area contributed by atoms with Gasteiger partial charge in [-0.1, -0.05) is 36.4 Å². The second kappa shape index (κ2) is 12.0. The second-order valence-electron chi connectivity index (χ2n) is 12.5. The van der Waals surface area contributed by atoms with Crippen molar-refractivity contribution in [1.29, 1.82) is 0 Å². The minimum absolute atomic E-state index is 0.395. The van der Waals surface area contributed by atoms with Gasteiger partial charge in [0.15, 0.2) is 0 Å². The quantitative estimate of drug-likeness (QED) is 0.252. The molecular formula is C38H34N4O8. The minimum Gasteiger partial charge on any atom is -0.497 e. The third-order valence-electron chi connectivity index (χ3n) is 10.3. The molecule has 12 nitrogen and oxygen atoms in total. The smallest absolute Gasteiger partial charge is 0.253 e. The molecule has 0 aliphatic carbocycles. The van der Waals surface area contributed by atoms with Gasteiger partial charge in [-0.05, 0) is 60.7 Å². The fraction of sp³-hybridized carbons (Fsp3) is 0.263. The highest BCUT2D eigenvalue weighted by Gasteiger charge is 2.74.